The van der Waals surface area contributed by atoms with E-state index in [2.05, 4.69) is 10.6 Å². The van der Waals surface area contributed by atoms with Crippen LogP contribution in [0.1, 0.15) is 26.7 Å². The zero-order chi connectivity index (χ0) is 14.8. The topological polar surface area (TPSA) is 131 Å². The van der Waals surface area contributed by atoms with Crippen molar-refractivity contribution in [1.29, 1.82) is 0 Å². The third-order valence-corrected chi connectivity index (χ3v) is 2.18. The van der Waals surface area contributed by atoms with Gasteiger partial charge in [-0.25, -0.2) is 4.79 Å². The molecular formula is C11H21N3O5. The third-order valence-electron chi connectivity index (χ3n) is 2.18. The number of amides is 3. The molecule has 8 nitrogen and oxygen atoms in total. The molecule has 8 heteroatoms. The molecular weight excluding hydrogens is 254 g/mol. The number of ether oxygens (including phenoxy) is 1. The van der Waals surface area contributed by atoms with Gasteiger partial charge in [-0.2, -0.15) is 0 Å². The van der Waals surface area contributed by atoms with Crippen LogP contribution in [0.3, 0.4) is 0 Å². The number of nitrogens with two attached hydrogens (primary N) is 1. The maximum Gasteiger partial charge on any atom is 0.315 e. The molecule has 0 aromatic rings. The molecule has 0 spiro atoms. The summed E-state index contributed by atoms with van der Waals surface area (Å²) in [6.45, 7) is 3.82. The average Bonchev–Trinajstić information content (AvgIpc) is 2.24. The summed E-state index contributed by atoms with van der Waals surface area (Å²) in [5.74, 6) is -1.51. The number of carbonyl (C=O) groups excluding carboxylic acids is 2. The lowest BCUT2D eigenvalue weighted by molar-refractivity contribution is -0.140. The Morgan fingerprint density at radius 2 is 1.95 bits per heavy atom. The van der Waals surface area contributed by atoms with E-state index in [1.807, 2.05) is 0 Å². The van der Waals surface area contributed by atoms with Gasteiger partial charge in [-0.05, 0) is 13.8 Å². The van der Waals surface area contributed by atoms with E-state index < -0.39 is 24.0 Å². The molecule has 0 heterocycles. The average molecular weight is 275 g/mol. The summed E-state index contributed by atoms with van der Waals surface area (Å²) < 4.78 is 5.18. The summed E-state index contributed by atoms with van der Waals surface area (Å²) >= 11 is 0. The first-order valence-electron chi connectivity index (χ1n) is 6.01. The molecule has 3 amide bonds. The van der Waals surface area contributed by atoms with Gasteiger partial charge in [0.05, 0.1) is 12.5 Å². The Kier molecular flexibility index (Phi) is 8.27. The van der Waals surface area contributed by atoms with Crippen molar-refractivity contribution in [2.75, 3.05) is 13.2 Å². The molecule has 0 bridgehead atoms. The van der Waals surface area contributed by atoms with Crippen LogP contribution in [-0.4, -0.2) is 48.3 Å². The fraction of sp³-hybridized carbons (Fsp3) is 0.727. The van der Waals surface area contributed by atoms with Crippen molar-refractivity contribution in [2.45, 2.75) is 38.8 Å². The Hall–Kier alpha value is -1.83. The Balaban J connectivity index is 4.03. The number of nitrogens with one attached hydrogen (secondary N) is 2. The first kappa shape index (κ1) is 17.2. The van der Waals surface area contributed by atoms with Crippen LogP contribution in [0, 0.1) is 0 Å². The number of hydrogen-bond donors (Lipinski definition) is 4. The summed E-state index contributed by atoms with van der Waals surface area (Å²) in [6, 6.07) is -0.883. The van der Waals surface area contributed by atoms with Gasteiger partial charge in [-0.3, -0.25) is 9.59 Å². The quantitative estimate of drug-likeness (QED) is 0.447. The van der Waals surface area contributed by atoms with E-state index in [1.54, 1.807) is 13.8 Å². The van der Waals surface area contributed by atoms with Gasteiger partial charge in [-0.1, -0.05) is 0 Å². The normalized spacial score (nSPS) is 13.4. The van der Waals surface area contributed by atoms with Crippen molar-refractivity contribution in [2.24, 2.45) is 5.73 Å². The monoisotopic (exact) mass is 275 g/mol. The van der Waals surface area contributed by atoms with Gasteiger partial charge in [0.2, 0.25) is 5.91 Å². The van der Waals surface area contributed by atoms with Gasteiger partial charge in [0, 0.05) is 25.6 Å². The molecule has 0 aliphatic heterocycles. The lowest BCUT2D eigenvalue weighted by atomic mass is 10.2. The van der Waals surface area contributed by atoms with E-state index in [-0.39, 0.29) is 25.4 Å². The molecule has 0 aliphatic rings. The van der Waals surface area contributed by atoms with Crippen molar-refractivity contribution in [3.05, 3.63) is 0 Å². The highest BCUT2D eigenvalue weighted by Gasteiger charge is 2.15. The number of carbonyl (C=O) groups is 3. The van der Waals surface area contributed by atoms with Gasteiger partial charge in [0.1, 0.15) is 0 Å². The maximum absolute atomic E-state index is 11.5. The minimum Gasteiger partial charge on any atom is -0.481 e. The van der Waals surface area contributed by atoms with Gasteiger partial charge in [-0.15, -0.1) is 0 Å². The van der Waals surface area contributed by atoms with Crippen LogP contribution in [0.2, 0.25) is 0 Å². The second-order valence-electron chi connectivity index (χ2n) is 4.10. The highest BCUT2D eigenvalue weighted by molar-refractivity contribution is 5.77. The summed E-state index contributed by atoms with van der Waals surface area (Å²) in [7, 11) is 0. The summed E-state index contributed by atoms with van der Waals surface area (Å²) in [4.78, 5) is 32.6. The van der Waals surface area contributed by atoms with Crippen molar-refractivity contribution in [3.8, 4) is 0 Å². The second-order valence-corrected chi connectivity index (χ2v) is 4.10. The van der Waals surface area contributed by atoms with E-state index in [9.17, 15) is 14.4 Å². The van der Waals surface area contributed by atoms with Gasteiger partial charge in [0.25, 0.3) is 0 Å². The number of primary amides is 1. The number of aliphatic carboxylic acids is 1. The van der Waals surface area contributed by atoms with Crippen molar-refractivity contribution in [3.63, 3.8) is 0 Å². The molecule has 0 aromatic heterocycles. The zero-order valence-electron chi connectivity index (χ0n) is 11.1. The molecule has 0 saturated carbocycles. The van der Waals surface area contributed by atoms with Crippen LogP contribution in [0.5, 0.6) is 0 Å². The fourth-order valence-electron chi connectivity index (χ4n) is 1.45. The van der Waals surface area contributed by atoms with Crippen LogP contribution < -0.4 is 16.4 Å². The van der Waals surface area contributed by atoms with Crippen molar-refractivity contribution < 1.29 is 24.2 Å². The Morgan fingerprint density at radius 3 is 2.42 bits per heavy atom. The Bertz CT molecular complexity index is 321. The largest absolute Gasteiger partial charge is 0.481 e. The summed E-state index contributed by atoms with van der Waals surface area (Å²) in [5.41, 5.74) is 4.99. The highest BCUT2D eigenvalue weighted by Crippen LogP contribution is 1.97. The lowest BCUT2D eigenvalue weighted by Gasteiger charge is -2.17. The maximum atomic E-state index is 11.5. The predicted octanol–water partition coefficient (Wildman–Crippen LogP) is -0.571. The van der Waals surface area contributed by atoms with Crippen molar-refractivity contribution in [1.82, 2.24) is 10.6 Å². The fourth-order valence-corrected chi connectivity index (χ4v) is 1.45. The number of carboxylic acids is 1. The smallest absolute Gasteiger partial charge is 0.315 e. The standard InChI is InChI=1S/C11H21N3O5/c1-3-19-8(5-10(16)17)6-13-11(18)14-7(2)4-9(12)15/h7-8H,3-6H2,1-2H3,(H2,12,15)(H,16,17)(H2,13,14,18). The molecule has 2 atom stereocenters. The number of carboxylic acid groups (broad SMARTS) is 1. The summed E-state index contributed by atoms with van der Waals surface area (Å²) in [5, 5.41) is 13.7. The first-order valence-corrected chi connectivity index (χ1v) is 6.01. The van der Waals surface area contributed by atoms with Crippen LogP contribution in [0.15, 0.2) is 0 Å². The number of rotatable bonds is 9. The summed E-state index contributed by atoms with van der Waals surface area (Å²) in [6.07, 6.45) is -0.734. The van der Waals surface area contributed by atoms with Crippen LogP contribution in [0.4, 0.5) is 4.79 Å². The molecule has 5 N–H and O–H groups in total. The molecule has 0 saturated heterocycles. The molecule has 0 rings (SSSR count). The molecule has 110 valence electrons. The molecule has 0 fully saturated rings. The van der Waals surface area contributed by atoms with Crippen molar-refractivity contribution >= 4 is 17.9 Å². The van der Waals surface area contributed by atoms with E-state index in [4.69, 9.17) is 15.6 Å². The van der Waals surface area contributed by atoms with Crippen LogP contribution in [0.25, 0.3) is 0 Å². The van der Waals surface area contributed by atoms with Crippen LogP contribution >= 0.6 is 0 Å². The Morgan fingerprint density at radius 1 is 1.32 bits per heavy atom. The minimum absolute atomic E-state index is 0.0391. The number of urea groups is 1. The van der Waals surface area contributed by atoms with Gasteiger partial charge in [0.15, 0.2) is 0 Å². The van der Waals surface area contributed by atoms with Crippen LogP contribution in [-0.2, 0) is 14.3 Å². The van der Waals surface area contributed by atoms with E-state index in [1.165, 1.54) is 0 Å². The molecule has 2 unspecified atom stereocenters. The molecule has 0 aliphatic carbocycles. The predicted molar refractivity (Wildman–Crippen MR) is 67.5 cm³/mol. The number of hydrogen-bond acceptors (Lipinski definition) is 4. The van der Waals surface area contributed by atoms with Gasteiger partial charge >= 0.3 is 12.0 Å². The highest BCUT2D eigenvalue weighted by atomic mass is 16.5. The lowest BCUT2D eigenvalue weighted by Crippen LogP contribution is -2.45. The molecule has 0 aromatic carbocycles. The Labute approximate surface area is 111 Å². The SMILES string of the molecule is CCOC(CNC(=O)NC(C)CC(N)=O)CC(=O)O. The van der Waals surface area contributed by atoms with E-state index >= 15 is 0 Å². The van der Waals surface area contributed by atoms with E-state index in [0.29, 0.717) is 6.61 Å². The van der Waals surface area contributed by atoms with E-state index in [0.717, 1.165) is 0 Å². The molecule has 19 heavy (non-hydrogen) atoms. The minimum atomic E-state index is -0.997. The molecule has 0 radical (unpaired) electrons. The second kappa shape index (κ2) is 9.15. The third kappa shape index (κ3) is 9.83. The first-order chi connectivity index (χ1) is 8.85. The zero-order valence-corrected chi connectivity index (χ0v) is 11.1. The van der Waals surface area contributed by atoms with Gasteiger partial charge < -0.3 is 26.2 Å².